The summed E-state index contributed by atoms with van der Waals surface area (Å²) in [6, 6.07) is 14.3. The Morgan fingerprint density at radius 1 is 1.08 bits per heavy atom. The molecule has 3 heterocycles. The number of fused-ring (bicyclic) bond motifs is 1. The second-order valence-electron chi connectivity index (χ2n) is 4.98. The number of amides is 2. The summed E-state index contributed by atoms with van der Waals surface area (Å²) in [4.78, 5) is 21.7. The number of furan rings is 1. The molecule has 4 aromatic rings. The van der Waals surface area contributed by atoms with Gasteiger partial charge in [0.15, 0.2) is 0 Å². The molecule has 0 aliphatic carbocycles. The van der Waals surface area contributed by atoms with E-state index < -0.39 is 0 Å². The summed E-state index contributed by atoms with van der Waals surface area (Å²) in [5.41, 5.74) is 2.46. The van der Waals surface area contributed by atoms with E-state index in [2.05, 4.69) is 20.6 Å². The second kappa shape index (κ2) is 6.13. The lowest BCUT2D eigenvalue weighted by atomic mass is 10.2. The second-order valence-corrected chi connectivity index (χ2v) is 5.96. The monoisotopic (exact) mass is 336 g/mol. The van der Waals surface area contributed by atoms with Crippen LogP contribution in [0, 0.1) is 0 Å². The highest BCUT2D eigenvalue weighted by Crippen LogP contribution is 2.30. The molecular weight excluding hydrogens is 324 g/mol. The maximum absolute atomic E-state index is 12.0. The van der Waals surface area contributed by atoms with Crippen molar-refractivity contribution >= 4 is 39.3 Å². The van der Waals surface area contributed by atoms with E-state index in [-0.39, 0.29) is 6.03 Å². The Hall–Kier alpha value is -3.19. The molecule has 118 valence electrons. The molecule has 0 spiro atoms. The Bertz CT molecular complexity index is 962. The van der Waals surface area contributed by atoms with E-state index in [9.17, 15) is 4.79 Å². The maximum atomic E-state index is 12.0. The first-order valence-corrected chi connectivity index (χ1v) is 8.03. The zero-order chi connectivity index (χ0) is 16.4. The van der Waals surface area contributed by atoms with Crippen molar-refractivity contribution in [3.63, 3.8) is 0 Å². The molecule has 0 aliphatic rings. The number of anilines is 2. The number of hydrogen-bond donors (Lipinski definition) is 2. The number of thiazole rings is 1. The minimum atomic E-state index is -0.368. The molecule has 0 radical (unpaired) electrons. The highest BCUT2D eigenvalue weighted by Gasteiger charge is 2.09. The Morgan fingerprint density at radius 3 is 2.88 bits per heavy atom. The van der Waals surface area contributed by atoms with Gasteiger partial charge in [-0.25, -0.2) is 14.8 Å². The number of pyridine rings is 1. The molecule has 3 aromatic heterocycles. The van der Waals surface area contributed by atoms with Crippen LogP contribution in [0.15, 0.2) is 65.4 Å². The van der Waals surface area contributed by atoms with Crippen molar-refractivity contribution < 1.29 is 9.21 Å². The van der Waals surface area contributed by atoms with E-state index in [0.717, 1.165) is 20.9 Å². The summed E-state index contributed by atoms with van der Waals surface area (Å²) in [5.74, 6) is 0.390. The summed E-state index contributed by atoms with van der Waals surface area (Å²) in [6.45, 7) is 0. The Morgan fingerprint density at radius 2 is 2.04 bits per heavy atom. The molecule has 4 rings (SSSR count). The molecule has 2 N–H and O–H groups in total. The van der Waals surface area contributed by atoms with Gasteiger partial charge in [-0.15, -0.1) is 0 Å². The largest absolute Gasteiger partial charge is 0.449 e. The molecule has 24 heavy (non-hydrogen) atoms. The third-order valence-electron chi connectivity index (χ3n) is 3.29. The van der Waals surface area contributed by atoms with Crippen molar-refractivity contribution in [3.8, 4) is 10.6 Å². The lowest BCUT2D eigenvalue weighted by Gasteiger charge is -2.06. The zero-order valence-electron chi connectivity index (χ0n) is 12.4. The summed E-state index contributed by atoms with van der Waals surface area (Å²) in [5, 5.41) is 6.25. The van der Waals surface area contributed by atoms with E-state index in [1.54, 1.807) is 18.3 Å². The minimum absolute atomic E-state index is 0.368. The number of rotatable bonds is 3. The summed E-state index contributed by atoms with van der Waals surface area (Å²) in [6.07, 6.45) is 3.25. The molecule has 0 fully saturated rings. The van der Waals surface area contributed by atoms with Gasteiger partial charge in [0.05, 0.1) is 6.26 Å². The number of nitrogens with zero attached hydrogens (tertiary/aromatic N) is 2. The molecule has 0 atom stereocenters. The summed E-state index contributed by atoms with van der Waals surface area (Å²) >= 11 is 1.52. The number of hydrogen-bond acceptors (Lipinski definition) is 5. The highest BCUT2D eigenvalue weighted by molar-refractivity contribution is 7.21. The topological polar surface area (TPSA) is 80.0 Å². The van der Waals surface area contributed by atoms with Gasteiger partial charge in [-0.3, -0.25) is 5.32 Å². The van der Waals surface area contributed by atoms with Crippen molar-refractivity contribution in [1.82, 2.24) is 9.97 Å². The van der Waals surface area contributed by atoms with Crippen LogP contribution in [-0.4, -0.2) is 16.0 Å². The fourth-order valence-electron chi connectivity index (χ4n) is 2.25. The number of carbonyl (C=O) groups excluding carboxylic acids is 1. The quantitative estimate of drug-likeness (QED) is 0.573. The molecule has 0 aliphatic heterocycles. The van der Waals surface area contributed by atoms with Crippen LogP contribution in [0.25, 0.3) is 20.9 Å². The molecule has 1 aromatic carbocycles. The van der Waals surface area contributed by atoms with Gasteiger partial charge in [0, 0.05) is 23.5 Å². The van der Waals surface area contributed by atoms with Gasteiger partial charge < -0.3 is 9.73 Å². The Balaban J connectivity index is 1.55. The zero-order valence-corrected chi connectivity index (χ0v) is 13.2. The molecule has 0 unspecified atom stereocenters. The van der Waals surface area contributed by atoms with E-state index >= 15 is 0 Å². The van der Waals surface area contributed by atoms with Crippen LogP contribution < -0.4 is 10.6 Å². The molecule has 6 nitrogen and oxygen atoms in total. The molecule has 7 heteroatoms. The number of nitrogens with one attached hydrogen (secondary N) is 2. The van der Waals surface area contributed by atoms with Crippen LogP contribution in [-0.2, 0) is 0 Å². The van der Waals surface area contributed by atoms with E-state index in [0.29, 0.717) is 11.6 Å². The third kappa shape index (κ3) is 2.97. The third-order valence-corrected chi connectivity index (χ3v) is 4.32. The molecule has 2 amide bonds. The number of urea groups is 1. The van der Waals surface area contributed by atoms with Crippen molar-refractivity contribution in [3.05, 3.63) is 61.0 Å². The van der Waals surface area contributed by atoms with Crippen molar-refractivity contribution in [2.24, 2.45) is 0 Å². The van der Waals surface area contributed by atoms with Crippen molar-refractivity contribution in [2.75, 3.05) is 10.6 Å². The lowest BCUT2D eigenvalue weighted by Crippen LogP contribution is -2.18. The predicted octanol–water partition coefficient (Wildman–Crippen LogP) is 4.60. The summed E-state index contributed by atoms with van der Waals surface area (Å²) < 4.78 is 5.08. The van der Waals surface area contributed by atoms with Crippen LogP contribution in [0.1, 0.15) is 0 Å². The average Bonchev–Trinajstić information content (AvgIpc) is 3.24. The van der Waals surface area contributed by atoms with Crippen molar-refractivity contribution in [2.45, 2.75) is 0 Å². The van der Waals surface area contributed by atoms with Gasteiger partial charge in [-0.1, -0.05) is 23.5 Å². The predicted molar refractivity (Wildman–Crippen MR) is 94.2 cm³/mol. The van der Waals surface area contributed by atoms with Gasteiger partial charge in [0.25, 0.3) is 0 Å². The molecule has 0 saturated carbocycles. The van der Waals surface area contributed by atoms with Gasteiger partial charge in [-0.2, -0.15) is 0 Å². The summed E-state index contributed by atoms with van der Waals surface area (Å²) in [7, 11) is 0. The SMILES string of the molecule is O=C(Nc1cccc(-c2nc3cccnc3s2)c1)Nc1ccco1. The smallest absolute Gasteiger partial charge is 0.326 e. The van der Waals surface area contributed by atoms with E-state index in [1.807, 2.05) is 36.4 Å². The Labute approximate surface area is 141 Å². The first kappa shape index (κ1) is 14.4. The van der Waals surface area contributed by atoms with Crippen LogP contribution in [0.4, 0.5) is 16.4 Å². The number of aromatic nitrogens is 2. The van der Waals surface area contributed by atoms with Crippen LogP contribution in [0.2, 0.25) is 0 Å². The first-order chi connectivity index (χ1) is 11.8. The fourth-order valence-corrected chi connectivity index (χ4v) is 3.15. The van der Waals surface area contributed by atoms with E-state index in [4.69, 9.17) is 4.42 Å². The van der Waals surface area contributed by atoms with Crippen LogP contribution >= 0.6 is 11.3 Å². The van der Waals surface area contributed by atoms with Crippen LogP contribution in [0.3, 0.4) is 0 Å². The van der Waals surface area contributed by atoms with Gasteiger partial charge >= 0.3 is 6.03 Å². The number of carbonyl (C=O) groups is 1. The van der Waals surface area contributed by atoms with Crippen molar-refractivity contribution in [1.29, 1.82) is 0 Å². The number of benzene rings is 1. The minimum Gasteiger partial charge on any atom is -0.449 e. The standard InChI is InChI=1S/C17H12N4O2S/c22-17(21-14-7-3-9-23-14)19-12-5-1-4-11(10-12)15-20-13-6-2-8-18-16(13)24-15/h1-10H,(H2,19,21,22). The molecule has 0 saturated heterocycles. The fraction of sp³-hybridized carbons (Fsp3) is 0. The first-order valence-electron chi connectivity index (χ1n) is 7.21. The Kier molecular flexibility index (Phi) is 3.68. The normalized spacial score (nSPS) is 10.7. The van der Waals surface area contributed by atoms with Gasteiger partial charge in [0.1, 0.15) is 15.4 Å². The van der Waals surface area contributed by atoms with E-state index in [1.165, 1.54) is 17.6 Å². The average molecular weight is 336 g/mol. The van der Waals surface area contributed by atoms with Gasteiger partial charge in [-0.05, 0) is 30.3 Å². The van der Waals surface area contributed by atoms with Gasteiger partial charge in [0.2, 0.25) is 5.88 Å². The molecule has 0 bridgehead atoms. The highest BCUT2D eigenvalue weighted by atomic mass is 32.1. The maximum Gasteiger partial charge on any atom is 0.326 e. The lowest BCUT2D eigenvalue weighted by molar-refractivity contribution is 0.261. The van der Waals surface area contributed by atoms with Crippen LogP contribution in [0.5, 0.6) is 0 Å². The molecular formula is C17H12N4O2S.